The summed E-state index contributed by atoms with van der Waals surface area (Å²) < 4.78 is 0. The van der Waals surface area contributed by atoms with Crippen LogP contribution in [0.2, 0.25) is 0 Å². The van der Waals surface area contributed by atoms with Gasteiger partial charge in [-0.2, -0.15) is 0 Å². The number of ketones is 1. The number of rotatable bonds is 3. The van der Waals surface area contributed by atoms with Gasteiger partial charge in [0.05, 0.1) is 0 Å². The van der Waals surface area contributed by atoms with Crippen LogP contribution in [-0.4, -0.2) is 22.5 Å². The quantitative estimate of drug-likeness (QED) is 0.716. The number of allylic oxidation sites excluding steroid dienone is 4. The summed E-state index contributed by atoms with van der Waals surface area (Å²) >= 11 is 0. The van der Waals surface area contributed by atoms with Crippen molar-refractivity contribution < 1.29 is 4.79 Å². The van der Waals surface area contributed by atoms with E-state index in [-0.39, 0.29) is 16.6 Å². The molecule has 2 aliphatic rings. The molecule has 0 radical (unpaired) electrons. The Morgan fingerprint density at radius 2 is 1.95 bits per heavy atom. The van der Waals surface area contributed by atoms with E-state index < -0.39 is 0 Å². The fourth-order valence-electron chi connectivity index (χ4n) is 3.14. The Bertz CT molecular complexity index is 394. The Kier molecular flexibility index (Phi) is 4.60. The van der Waals surface area contributed by atoms with Crippen LogP contribution in [0.1, 0.15) is 47.0 Å². The van der Waals surface area contributed by atoms with Gasteiger partial charge >= 0.3 is 0 Å². The second kappa shape index (κ2) is 5.87. The lowest BCUT2D eigenvalue weighted by atomic mass is 9.82. The summed E-state index contributed by atoms with van der Waals surface area (Å²) in [6.07, 6.45) is 10.0. The molecule has 19 heavy (non-hydrogen) atoms. The molecule has 1 saturated heterocycles. The number of carbonyl (C=O) groups excluding carboxylic acids is 1. The molecule has 0 amide bonds. The first-order valence-corrected chi connectivity index (χ1v) is 9.07. The second-order valence-corrected chi connectivity index (χ2v) is 9.31. The van der Waals surface area contributed by atoms with Crippen LogP contribution in [0.3, 0.4) is 0 Å². The molecule has 1 aliphatic carbocycles. The van der Waals surface area contributed by atoms with E-state index in [1.807, 2.05) is 0 Å². The molecule has 0 N–H and O–H groups in total. The van der Waals surface area contributed by atoms with E-state index in [1.54, 1.807) is 0 Å². The van der Waals surface area contributed by atoms with Crippen LogP contribution >= 0.6 is 0 Å². The Labute approximate surface area is 120 Å². The Morgan fingerprint density at radius 1 is 1.32 bits per heavy atom. The third kappa shape index (κ3) is 3.53. The van der Waals surface area contributed by atoms with Crippen molar-refractivity contribution >= 4 is 16.7 Å². The molecule has 0 bridgehead atoms. The van der Waals surface area contributed by atoms with Crippen LogP contribution in [0.5, 0.6) is 0 Å². The molecular weight excluding hydrogens is 252 g/mol. The minimum atomic E-state index is 0.106. The van der Waals surface area contributed by atoms with Gasteiger partial charge in [-0.05, 0) is 37.1 Å². The molecule has 0 aromatic heterocycles. The molecule has 0 aromatic rings. The van der Waals surface area contributed by atoms with Crippen molar-refractivity contribution in [1.82, 2.24) is 0 Å². The second-order valence-electron chi connectivity index (χ2n) is 6.95. The lowest BCUT2D eigenvalue weighted by Gasteiger charge is -2.30. The van der Waals surface area contributed by atoms with Gasteiger partial charge in [0, 0.05) is 11.3 Å². The van der Waals surface area contributed by atoms with Gasteiger partial charge in [-0.15, -0.1) is 0 Å². The maximum Gasteiger partial charge on any atom is 0.192 e. The van der Waals surface area contributed by atoms with E-state index in [0.717, 1.165) is 6.42 Å². The average Bonchev–Trinajstić information content (AvgIpc) is 2.81. The fraction of sp³-hybridized carbons (Fsp3) is 0.706. The van der Waals surface area contributed by atoms with Crippen molar-refractivity contribution in [3.8, 4) is 0 Å². The molecule has 1 heterocycles. The first-order chi connectivity index (χ1) is 8.89. The summed E-state index contributed by atoms with van der Waals surface area (Å²) in [5.74, 6) is 3.18. The highest BCUT2D eigenvalue weighted by molar-refractivity contribution is 7.98. The van der Waals surface area contributed by atoms with Gasteiger partial charge in [0.2, 0.25) is 0 Å². The highest BCUT2D eigenvalue weighted by Crippen LogP contribution is 2.35. The highest BCUT2D eigenvalue weighted by Gasteiger charge is 2.48. The van der Waals surface area contributed by atoms with Crippen molar-refractivity contribution in [2.24, 2.45) is 11.3 Å². The molecule has 1 aliphatic heterocycles. The van der Waals surface area contributed by atoms with E-state index in [2.05, 4.69) is 45.9 Å². The molecule has 2 heteroatoms. The summed E-state index contributed by atoms with van der Waals surface area (Å²) in [6.45, 7) is 8.84. The molecule has 0 saturated carbocycles. The third-order valence-electron chi connectivity index (χ3n) is 4.09. The lowest BCUT2D eigenvalue weighted by Crippen LogP contribution is -2.45. The number of Topliss-reactive ketones (excluding diaryl/α,β-unsaturated/α-hetero) is 1. The normalized spacial score (nSPS) is 26.3. The van der Waals surface area contributed by atoms with Gasteiger partial charge in [-0.1, -0.05) is 44.6 Å². The average molecular weight is 279 g/mol. The Morgan fingerprint density at radius 3 is 2.42 bits per heavy atom. The van der Waals surface area contributed by atoms with Crippen LogP contribution in [0, 0.1) is 11.3 Å². The van der Waals surface area contributed by atoms with Crippen LogP contribution in [0.15, 0.2) is 23.8 Å². The first kappa shape index (κ1) is 14.9. The zero-order chi connectivity index (χ0) is 14.0. The lowest BCUT2D eigenvalue weighted by molar-refractivity contribution is -0.122. The maximum absolute atomic E-state index is 13.0. The Balaban J connectivity index is 2.14. The molecule has 0 aromatic carbocycles. The zero-order valence-corrected chi connectivity index (χ0v) is 13.6. The van der Waals surface area contributed by atoms with Crippen LogP contribution < -0.4 is 0 Å². The molecular formula is C17H27OS+. The molecule has 106 valence electrons. The summed E-state index contributed by atoms with van der Waals surface area (Å²) in [7, 11) is 0.321. The van der Waals surface area contributed by atoms with E-state index in [1.165, 1.54) is 29.9 Å². The molecule has 2 unspecified atom stereocenters. The maximum atomic E-state index is 13.0. The van der Waals surface area contributed by atoms with Gasteiger partial charge in [-0.3, -0.25) is 4.79 Å². The minimum absolute atomic E-state index is 0.106. The zero-order valence-electron chi connectivity index (χ0n) is 12.7. The monoisotopic (exact) mass is 279 g/mol. The third-order valence-corrected chi connectivity index (χ3v) is 7.32. The standard InChI is InChI=1S/C17H27OS/c1-13-7-9-14(10-8-13)15(18)16(17(2,3)4)19-11-5-6-12-19/h7-9,14,16H,5-6,10-12H2,1-4H3/q+1. The van der Waals surface area contributed by atoms with Gasteiger partial charge < -0.3 is 0 Å². The fourth-order valence-corrected chi connectivity index (χ4v) is 6.47. The Hall–Kier alpha value is -0.500. The minimum Gasteiger partial charge on any atom is -0.293 e. The largest absolute Gasteiger partial charge is 0.293 e. The van der Waals surface area contributed by atoms with Gasteiger partial charge in [0.15, 0.2) is 11.0 Å². The van der Waals surface area contributed by atoms with Gasteiger partial charge in [0.1, 0.15) is 11.5 Å². The van der Waals surface area contributed by atoms with E-state index in [9.17, 15) is 4.79 Å². The summed E-state index contributed by atoms with van der Waals surface area (Å²) in [5, 5.41) is 0.261. The predicted octanol–water partition coefficient (Wildman–Crippen LogP) is 3.90. The van der Waals surface area contributed by atoms with E-state index in [4.69, 9.17) is 0 Å². The van der Waals surface area contributed by atoms with Gasteiger partial charge in [0.25, 0.3) is 0 Å². The van der Waals surface area contributed by atoms with Crippen LogP contribution in [0.25, 0.3) is 0 Å². The highest BCUT2D eigenvalue weighted by atomic mass is 32.2. The topological polar surface area (TPSA) is 17.1 Å². The summed E-state index contributed by atoms with van der Waals surface area (Å²) in [4.78, 5) is 13.0. The predicted molar refractivity (Wildman–Crippen MR) is 85.6 cm³/mol. The SMILES string of the molecule is CC1=CCC(C(=O)C([S+]2CCCC2)C(C)(C)C)C=C1. The van der Waals surface area contributed by atoms with E-state index >= 15 is 0 Å². The van der Waals surface area contributed by atoms with Crippen molar-refractivity contribution in [3.63, 3.8) is 0 Å². The van der Waals surface area contributed by atoms with Crippen molar-refractivity contribution in [2.45, 2.75) is 52.2 Å². The van der Waals surface area contributed by atoms with Crippen molar-refractivity contribution in [3.05, 3.63) is 23.8 Å². The van der Waals surface area contributed by atoms with Gasteiger partial charge in [-0.25, -0.2) is 0 Å². The van der Waals surface area contributed by atoms with Crippen LogP contribution in [-0.2, 0) is 15.7 Å². The van der Waals surface area contributed by atoms with Crippen molar-refractivity contribution in [2.75, 3.05) is 11.5 Å². The van der Waals surface area contributed by atoms with Crippen LogP contribution in [0.4, 0.5) is 0 Å². The van der Waals surface area contributed by atoms with E-state index in [0.29, 0.717) is 16.7 Å². The van der Waals surface area contributed by atoms with Crippen molar-refractivity contribution in [1.29, 1.82) is 0 Å². The number of carbonyl (C=O) groups is 1. The first-order valence-electron chi connectivity index (χ1n) is 7.44. The molecule has 1 nitrogen and oxygen atoms in total. The summed E-state index contributed by atoms with van der Waals surface area (Å²) in [5.41, 5.74) is 1.40. The molecule has 1 fully saturated rings. The smallest absolute Gasteiger partial charge is 0.192 e. The molecule has 2 atom stereocenters. The number of hydrogen-bond donors (Lipinski definition) is 0. The molecule has 2 rings (SSSR count). The number of hydrogen-bond acceptors (Lipinski definition) is 1. The summed E-state index contributed by atoms with van der Waals surface area (Å²) in [6, 6.07) is 0. The molecule has 0 spiro atoms.